The summed E-state index contributed by atoms with van der Waals surface area (Å²) in [5, 5.41) is 0. The summed E-state index contributed by atoms with van der Waals surface area (Å²) in [5.41, 5.74) is 0.554. The molecular weight excluding hydrogens is 220 g/mol. The maximum absolute atomic E-state index is 10.1. The fraction of sp³-hybridized carbons (Fsp3) is 0.941. The molecule has 0 atom stereocenters. The molecule has 1 heteroatoms. The van der Waals surface area contributed by atoms with Crippen LogP contribution in [0.25, 0.3) is 0 Å². The Hall–Kier alpha value is -0.330. The second-order valence-electron chi connectivity index (χ2n) is 6.41. The van der Waals surface area contributed by atoms with Gasteiger partial charge in [-0.3, -0.25) is 0 Å². The van der Waals surface area contributed by atoms with Gasteiger partial charge in [0, 0.05) is 6.42 Å². The van der Waals surface area contributed by atoms with Crippen LogP contribution in [0.15, 0.2) is 0 Å². The molecular formula is C17H34O. The molecule has 0 radical (unpaired) electrons. The lowest BCUT2D eigenvalue weighted by atomic mass is 9.84. The van der Waals surface area contributed by atoms with Crippen LogP contribution in [-0.4, -0.2) is 6.29 Å². The summed E-state index contributed by atoms with van der Waals surface area (Å²) < 4.78 is 0. The lowest BCUT2D eigenvalue weighted by Gasteiger charge is -2.22. The van der Waals surface area contributed by atoms with Gasteiger partial charge in [0.2, 0.25) is 0 Å². The predicted molar refractivity (Wildman–Crippen MR) is 80.9 cm³/mol. The van der Waals surface area contributed by atoms with Crippen molar-refractivity contribution in [3.8, 4) is 0 Å². The van der Waals surface area contributed by atoms with E-state index in [1.807, 2.05) is 0 Å². The molecule has 0 aromatic rings. The first-order valence-corrected chi connectivity index (χ1v) is 8.06. The minimum Gasteiger partial charge on any atom is -0.303 e. The average Bonchev–Trinajstić information content (AvgIpc) is 2.36. The summed E-state index contributed by atoms with van der Waals surface area (Å²) in [6.45, 7) is 7.06. The van der Waals surface area contributed by atoms with Gasteiger partial charge in [0.1, 0.15) is 6.29 Å². The number of unbranched alkanes of at least 4 members (excludes halogenated alkanes) is 9. The molecule has 0 fully saturated rings. The third-order valence-corrected chi connectivity index (χ3v) is 4.13. The number of aldehydes is 1. The van der Waals surface area contributed by atoms with Crippen LogP contribution in [0.4, 0.5) is 0 Å². The highest BCUT2D eigenvalue weighted by Crippen LogP contribution is 2.27. The Morgan fingerprint density at radius 1 is 0.778 bits per heavy atom. The average molecular weight is 254 g/mol. The molecule has 0 aliphatic heterocycles. The molecule has 0 saturated carbocycles. The number of carbonyl (C=O) groups is 1. The molecule has 0 aliphatic carbocycles. The molecule has 0 unspecified atom stereocenters. The summed E-state index contributed by atoms with van der Waals surface area (Å²) >= 11 is 0. The molecule has 0 spiro atoms. The first-order valence-electron chi connectivity index (χ1n) is 8.06. The van der Waals surface area contributed by atoms with Crippen LogP contribution in [0.3, 0.4) is 0 Å². The quantitative estimate of drug-likeness (QED) is 0.295. The fourth-order valence-corrected chi connectivity index (χ4v) is 2.25. The third-order valence-electron chi connectivity index (χ3n) is 4.13. The molecule has 0 saturated heterocycles. The van der Waals surface area contributed by atoms with Crippen LogP contribution in [0.5, 0.6) is 0 Å². The molecule has 1 nitrogen and oxygen atoms in total. The normalized spacial score (nSPS) is 11.7. The van der Waals surface area contributed by atoms with E-state index in [2.05, 4.69) is 20.8 Å². The Bertz CT molecular complexity index is 184. The standard InChI is InChI=1S/C17H34O/c1-4-17(2,3)15-13-11-9-7-5-6-8-10-12-14-16-18/h16H,4-15H2,1-3H3. The maximum Gasteiger partial charge on any atom is 0.119 e. The Labute approximate surface area is 115 Å². The van der Waals surface area contributed by atoms with Gasteiger partial charge in [0.25, 0.3) is 0 Å². The van der Waals surface area contributed by atoms with Gasteiger partial charge in [-0.1, -0.05) is 78.6 Å². The zero-order valence-electron chi connectivity index (χ0n) is 13.0. The van der Waals surface area contributed by atoms with Gasteiger partial charge in [-0.05, 0) is 18.3 Å². The minimum atomic E-state index is 0.554. The van der Waals surface area contributed by atoms with E-state index < -0.39 is 0 Å². The second-order valence-corrected chi connectivity index (χ2v) is 6.41. The van der Waals surface area contributed by atoms with Crippen molar-refractivity contribution in [1.82, 2.24) is 0 Å². The van der Waals surface area contributed by atoms with E-state index in [1.54, 1.807) is 0 Å². The van der Waals surface area contributed by atoms with Crippen molar-refractivity contribution < 1.29 is 4.79 Å². The van der Waals surface area contributed by atoms with E-state index in [-0.39, 0.29) is 0 Å². The molecule has 0 aliphatic rings. The molecule has 108 valence electrons. The van der Waals surface area contributed by atoms with Crippen molar-refractivity contribution in [2.24, 2.45) is 5.41 Å². The summed E-state index contributed by atoms with van der Waals surface area (Å²) in [5.74, 6) is 0. The topological polar surface area (TPSA) is 17.1 Å². The van der Waals surface area contributed by atoms with Crippen LogP contribution in [0.1, 0.15) is 97.8 Å². The Balaban J connectivity index is 3.10. The van der Waals surface area contributed by atoms with E-state index in [0.717, 1.165) is 19.1 Å². The molecule has 18 heavy (non-hydrogen) atoms. The number of rotatable bonds is 13. The molecule has 0 aromatic heterocycles. The number of hydrogen-bond acceptors (Lipinski definition) is 1. The first-order chi connectivity index (χ1) is 8.62. The van der Waals surface area contributed by atoms with Crippen LogP contribution < -0.4 is 0 Å². The Kier molecular flexibility index (Phi) is 11.5. The van der Waals surface area contributed by atoms with Crippen LogP contribution >= 0.6 is 0 Å². The van der Waals surface area contributed by atoms with Gasteiger partial charge < -0.3 is 4.79 Å². The summed E-state index contributed by atoms with van der Waals surface area (Å²) in [6.07, 6.45) is 16.5. The van der Waals surface area contributed by atoms with Crippen molar-refractivity contribution >= 4 is 6.29 Å². The minimum absolute atomic E-state index is 0.554. The van der Waals surface area contributed by atoms with E-state index in [9.17, 15) is 4.79 Å². The maximum atomic E-state index is 10.1. The van der Waals surface area contributed by atoms with Crippen LogP contribution in [0.2, 0.25) is 0 Å². The molecule has 0 rings (SSSR count). The number of hydrogen-bond donors (Lipinski definition) is 0. The van der Waals surface area contributed by atoms with E-state index >= 15 is 0 Å². The van der Waals surface area contributed by atoms with E-state index in [1.165, 1.54) is 64.2 Å². The summed E-state index contributed by atoms with van der Waals surface area (Å²) in [7, 11) is 0. The second kappa shape index (κ2) is 11.7. The fourth-order valence-electron chi connectivity index (χ4n) is 2.25. The van der Waals surface area contributed by atoms with Crippen molar-refractivity contribution in [3.63, 3.8) is 0 Å². The van der Waals surface area contributed by atoms with Crippen LogP contribution in [-0.2, 0) is 4.79 Å². The van der Waals surface area contributed by atoms with Gasteiger partial charge >= 0.3 is 0 Å². The third kappa shape index (κ3) is 12.1. The zero-order valence-corrected chi connectivity index (χ0v) is 13.0. The van der Waals surface area contributed by atoms with Crippen molar-refractivity contribution in [3.05, 3.63) is 0 Å². The monoisotopic (exact) mass is 254 g/mol. The van der Waals surface area contributed by atoms with E-state index in [0.29, 0.717) is 5.41 Å². The van der Waals surface area contributed by atoms with Gasteiger partial charge in [-0.25, -0.2) is 0 Å². The molecule has 0 aromatic carbocycles. The van der Waals surface area contributed by atoms with E-state index in [4.69, 9.17) is 0 Å². The molecule has 0 heterocycles. The van der Waals surface area contributed by atoms with Gasteiger partial charge in [-0.2, -0.15) is 0 Å². The largest absolute Gasteiger partial charge is 0.303 e. The Morgan fingerprint density at radius 2 is 1.22 bits per heavy atom. The zero-order chi connectivity index (χ0) is 13.7. The predicted octanol–water partition coefficient (Wildman–Crippen LogP) is 5.91. The smallest absolute Gasteiger partial charge is 0.119 e. The first kappa shape index (κ1) is 17.7. The highest BCUT2D eigenvalue weighted by molar-refractivity contribution is 5.48. The molecule has 0 amide bonds. The van der Waals surface area contributed by atoms with Crippen molar-refractivity contribution in [1.29, 1.82) is 0 Å². The summed E-state index contributed by atoms with van der Waals surface area (Å²) in [6, 6.07) is 0. The lowest BCUT2D eigenvalue weighted by molar-refractivity contribution is -0.107. The van der Waals surface area contributed by atoms with Gasteiger partial charge in [-0.15, -0.1) is 0 Å². The van der Waals surface area contributed by atoms with Gasteiger partial charge in [0.15, 0.2) is 0 Å². The van der Waals surface area contributed by atoms with Crippen LogP contribution in [0, 0.1) is 5.41 Å². The van der Waals surface area contributed by atoms with Gasteiger partial charge in [0.05, 0.1) is 0 Å². The molecule has 0 bridgehead atoms. The highest BCUT2D eigenvalue weighted by Gasteiger charge is 2.13. The highest BCUT2D eigenvalue weighted by atomic mass is 16.1. The number of carbonyl (C=O) groups excluding carboxylic acids is 1. The summed E-state index contributed by atoms with van der Waals surface area (Å²) in [4.78, 5) is 10.1. The lowest BCUT2D eigenvalue weighted by Crippen LogP contribution is -2.08. The van der Waals surface area contributed by atoms with Crippen molar-refractivity contribution in [2.75, 3.05) is 0 Å². The SMILES string of the molecule is CCC(C)(C)CCCCCCCCCCCC=O. The molecule has 0 N–H and O–H groups in total. The Morgan fingerprint density at radius 3 is 1.67 bits per heavy atom. The van der Waals surface area contributed by atoms with Crippen molar-refractivity contribution in [2.45, 2.75) is 97.8 Å².